The van der Waals surface area contributed by atoms with Crippen LogP contribution in [0.25, 0.3) is 11.6 Å². The molecule has 0 atom stereocenters. The van der Waals surface area contributed by atoms with E-state index in [0.29, 0.717) is 22.4 Å². The Bertz CT molecular complexity index is 1030. The molecule has 0 N–H and O–H groups in total. The predicted octanol–water partition coefficient (Wildman–Crippen LogP) is 4.72. The fourth-order valence-electron chi connectivity index (χ4n) is 3.21. The van der Waals surface area contributed by atoms with Crippen molar-refractivity contribution in [2.24, 2.45) is 0 Å². The second kappa shape index (κ2) is 6.45. The predicted molar refractivity (Wildman–Crippen MR) is 104 cm³/mol. The second-order valence-electron chi connectivity index (χ2n) is 6.30. The fourth-order valence-corrected chi connectivity index (χ4v) is 3.21. The Hall–Kier alpha value is -3.46. The van der Waals surface area contributed by atoms with Gasteiger partial charge >= 0.3 is 0 Å². The van der Waals surface area contributed by atoms with Gasteiger partial charge in [0.1, 0.15) is 0 Å². The molecule has 1 aliphatic rings. The third-order valence-corrected chi connectivity index (χ3v) is 4.45. The quantitative estimate of drug-likeness (QED) is 0.500. The number of carbonyl (C=O) groups excluding carboxylic acids is 2. The molecule has 2 amide bonds. The van der Waals surface area contributed by atoms with E-state index in [9.17, 15) is 9.59 Å². The zero-order valence-corrected chi connectivity index (χ0v) is 14.3. The largest absolute Gasteiger partial charge is 0.268 e. The van der Waals surface area contributed by atoms with E-state index in [1.807, 2.05) is 79.7 Å². The number of aryl methyl sites for hydroxylation is 1. The molecule has 0 aliphatic carbocycles. The van der Waals surface area contributed by atoms with E-state index in [2.05, 4.69) is 0 Å². The number of hydrogen-bond donors (Lipinski definition) is 0. The van der Waals surface area contributed by atoms with E-state index in [-0.39, 0.29) is 11.8 Å². The lowest BCUT2D eigenvalue weighted by molar-refractivity contribution is -0.112. The van der Waals surface area contributed by atoms with Crippen molar-refractivity contribution in [1.29, 1.82) is 0 Å². The summed E-state index contributed by atoms with van der Waals surface area (Å²) < 4.78 is 0. The number of rotatable bonds is 2. The third kappa shape index (κ3) is 2.74. The van der Waals surface area contributed by atoms with Crippen LogP contribution in [0.4, 0.5) is 5.69 Å². The van der Waals surface area contributed by atoms with Gasteiger partial charge in [0, 0.05) is 11.1 Å². The molecule has 3 aromatic rings. The lowest BCUT2D eigenvalue weighted by atomic mass is 9.91. The molecule has 26 heavy (non-hydrogen) atoms. The van der Waals surface area contributed by atoms with E-state index in [4.69, 9.17) is 0 Å². The molecule has 0 bridgehead atoms. The lowest BCUT2D eigenvalue weighted by Crippen LogP contribution is -2.41. The van der Waals surface area contributed by atoms with Crippen molar-refractivity contribution in [2.75, 3.05) is 4.90 Å². The first-order valence-corrected chi connectivity index (χ1v) is 8.47. The fraction of sp³-hybridized carbons (Fsp3) is 0.0435. The minimum absolute atomic E-state index is 0.290. The first-order valence-electron chi connectivity index (χ1n) is 8.47. The van der Waals surface area contributed by atoms with Crippen molar-refractivity contribution in [3.05, 3.63) is 101 Å². The summed E-state index contributed by atoms with van der Waals surface area (Å²) in [6, 6.07) is 24.4. The number of carbonyl (C=O) groups is 2. The van der Waals surface area contributed by atoms with Crippen LogP contribution in [-0.2, 0) is 4.79 Å². The van der Waals surface area contributed by atoms with Crippen molar-refractivity contribution in [1.82, 2.24) is 0 Å². The van der Waals surface area contributed by atoms with Crippen molar-refractivity contribution < 1.29 is 9.59 Å². The molecule has 3 aromatic carbocycles. The van der Waals surface area contributed by atoms with Crippen LogP contribution < -0.4 is 4.90 Å². The summed E-state index contributed by atoms with van der Waals surface area (Å²) in [5.74, 6) is -0.593. The molecule has 0 saturated carbocycles. The van der Waals surface area contributed by atoms with Gasteiger partial charge in [-0.15, -0.1) is 0 Å². The van der Waals surface area contributed by atoms with E-state index in [0.717, 1.165) is 11.1 Å². The third-order valence-electron chi connectivity index (χ3n) is 4.45. The van der Waals surface area contributed by atoms with Gasteiger partial charge in [-0.3, -0.25) is 9.59 Å². The normalized spacial score (nSPS) is 15.3. The van der Waals surface area contributed by atoms with Crippen LogP contribution in [-0.4, -0.2) is 11.8 Å². The number of nitrogens with zero attached hydrogens (tertiary/aromatic N) is 1. The summed E-state index contributed by atoms with van der Waals surface area (Å²) in [5, 5.41) is 0. The van der Waals surface area contributed by atoms with Gasteiger partial charge in [0.25, 0.3) is 11.8 Å². The van der Waals surface area contributed by atoms with Gasteiger partial charge in [0.15, 0.2) is 0 Å². The van der Waals surface area contributed by atoms with Crippen LogP contribution in [0, 0.1) is 6.92 Å². The van der Waals surface area contributed by atoms with Crippen molar-refractivity contribution in [2.45, 2.75) is 6.92 Å². The summed E-state index contributed by atoms with van der Waals surface area (Å²) >= 11 is 0. The standard InChI is InChI=1S/C23H17NO2/c1-16-8-7-11-18(14-16)24-22(25)20-13-6-5-12-19(20)21(23(24)26)15-17-9-3-2-4-10-17/h2-15H,1H3/b21-15-. The minimum Gasteiger partial charge on any atom is -0.268 e. The molecule has 0 unspecified atom stereocenters. The lowest BCUT2D eigenvalue weighted by Gasteiger charge is -2.29. The van der Waals surface area contributed by atoms with E-state index < -0.39 is 0 Å². The molecule has 0 aromatic heterocycles. The van der Waals surface area contributed by atoms with Crippen LogP contribution >= 0.6 is 0 Å². The number of fused-ring (bicyclic) bond motifs is 1. The summed E-state index contributed by atoms with van der Waals surface area (Å²) in [6.45, 7) is 1.94. The van der Waals surface area contributed by atoms with Crippen molar-refractivity contribution >= 4 is 29.2 Å². The molecule has 3 nitrogen and oxygen atoms in total. The Morgan fingerprint density at radius 2 is 1.42 bits per heavy atom. The highest BCUT2D eigenvalue weighted by molar-refractivity contribution is 6.43. The highest BCUT2D eigenvalue weighted by atomic mass is 16.2. The Morgan fingerprint density at radius 3 is 2.15 bits per heavy atom. The van der Waals surface area contributed by atoms with Crippen LogP contribution in [0.2, 0.25) is 0 Å². The van der Waals surface area contributed by atoms with Crippen LogP contribution in [0.3, 0.4) is 0 Å². The van der Waals surface area contributed by atoms with Crippen molar-refractivity contribution in [3.8, 4) is 0 Å². The SMILES string of the molecule is Cc1cccc(N2C(=O)/C(=C\c3ccccc3)c3ccccc3C2=O)c1. The van der Waals surface area contributed by atoms with Crippen LogP contribution in [0.5, 0.6) is 0 Å². The number of anilines is 1. The second-order valence-corrected chi connectivity index (χ2v) is 6.30. The Morgan fingerprint density at radius 1 is 0.731 bits per heavy atom. The van der Waals surface area contributed by atoms with Gasteiger partial charge in [-0.25, -0.2) is 4.90 Å². The van der Waals surface area contributed by atoms with E-state index in [1.165, 1.54) is 4.90 Å². The zero-order chi connectivity index (χ0) is 18.1. The smallest absolute Gasteiger partial charge is 0.265 e. The highest BCUT2D eigenvalue weighted by Crippen LogP contribution is 2.33. The van der Waals surface area contributed by atoms with E-state index >= 15 is 0 Å². The molecule has 0 spiro atoms. The number of amides is 2. The van der Waals surface area contributed by atoms with Gasteiger partial charge in [-0.1, -0.05) is 60.7 Å². The van der Waals surface area contributed by atoms with Crippen molar-refractivity contribution in [3.63, 3.8) is 0 Å². The van der Waals surface area contributed by atoms with Gasteiger partial charge < -0.3 is 0 Å². The van der Waals surface area contributed by atoms with Crippen LogP contribution in [0.15, 0.2) is 78.9 Å². The summed E-state index contributed by atoms with van der Waals surface area (Å²) in [7, 11) is 0. The van der Waals surface area contributed by atoms with Gasteiger partial charge in [-0.05, 0) is 47.9 Å². The Balaban J connectivity index is 1.91. The minimum atomic E-state index is -0.303. The van der Waals surface area contributed by atoms with Gasteiger partial charge in [0.05, 0.1) is 5.69 Å². The monoisotopic (exact) mass is 339 g/mol. The molecule has 126 valence electrons. The number of benzene rings is 3. The molecule has 0 radical (unpaired) electrons. The highest BCUT2D eigenvalue weighted by Gasteiger charge is 2.35. The first-order chi connectivity index (χ1) is 12.6. The molecule has 1 aliphatic heterocycles. The molecule has 4 rings (SSSR count). The van der Waals surface area contributed by atoms with Crippen LogP contribution in [0.1, 0.15) is 27.0 Å². The zero-order valence-electron chi connectivity index (χ0n) is 14.3. The average molecular weight is 339 g/mol. The molecule has 0 fully saturated rings. The maximum atomic E-state index is 13.3. The summed E-state index contributed by atoms with van der Waals surface area (Å²) in [6.07, 6.45) is 1.84. The first kappa shape index (κ1) is 16.0. The number of hydrogen-bond acceptors (Lipinski definition) is 2. The van der Waals surface area contributed by atoms with E-state index in [1.54, 1.807) is 12.1 Å². The average Bonchev–Trinajstić information content (AvgIpc) is 2.66. The molecule has 0 saturated heterocycles. The maximum Gasteiger partial charge on any atom is 0.265 e. The summed E-state index contributed by atoms with van der Waals surface area (Å²) in [5.41, 5.74) is 4.24. The Labute approximate surface area is 152 Å². The molecular weight excluding hydrogens is 322 g/mol. The Kier molecular flexibility index (Phi) is 3.98. The molecule has 3 heteroatoms. The number of imide groups is 1. The summed E-state index contributed by atoms with van der Waals surface area (Å²) in [4.78, 5) is 27.5. The molecular formula is C23H17NO2. The maximum absolute atomic E-state index is 13.3. The van der Waals surface area contributed by atoms with Gasteiger partial charge in [-0.2, -0.15) is 0 Å². The topological polar surface area (TPSA) is 37.4 Å². The van der Waals surface area contributed by atoms with Gasteiger partial charge in [0.2, 0.25) is 0 Å². The molecule has 1 heterocycles.